The third-order valence-electron chi connectivity index (χ3n) is 9.41. The summed E-state index contributed by atoms with van der Waals surface area (Å²) in [5.74, 6) is 1.03. The molecule has 3 N–H and O–H groups in total. The number of nitrogens with zero attached hydrogens (tertiary/aromatic N) is 1. The number of nitrogens with one attached hydrogen (secondary N) is 3. The number of benzene rings is 2. The molecule has 0 spiro atoms. The molecule has 1 heterocycles. The van der Waals surface area contributed by atoms with Crippen molar-refractivity contribution in [1.82, 2.24) is 20.8 Å². The largest absolute Gasteiger partial charge is 0.353 e. The summed E-state index contributed by atoms with van der Waals surface area (Å²) < 4.78 is 14.7. The molecule has 3 fully saturated rings. The van der Waals surface area contributed by atoms with E-state index >= 15 is 0 Å². The van der Waals surface area contributed by atoms with Crippen molar-refractivity contribution >= 4 is 22.6 Å². The molecule has 0 atom stereocenters. The normalized spacial score (nSPS) is 24.6. The fourth-order valence-electron chi connectivity index (χ4n) is 6.84. The second-order valence-corrected chi connectivity index (χ2v) is 12.5. The molecule has 6 rings (SSSR count). The van der Waals surface area contributed by atoms with Crippen molar-refractivity contribution in [3.63, 3.8) is 0 Å². The van der Waals surface area contributed by atoms with E-state index in [0.717, 1.165) is 68.2 Å². The van der Waals surface area contributed by atoms with Crippen LogP contribution in [0.3, 0.4) is 0 Å². The van der Waals surface area contributed by atoms with Gasteiger partial charge in [-0.15, -0.1) is 0 Å². The number of H-pyrrole nitrogens is 1. The summed E-state index contributed by atoms with van der Waals surface area (Å²) in [5, 5.41) is 14.4. The van der Waals surface area contributed by atoms with Crippen molar-refractivity contribution in [3.8, 4) is 0 Å². The number of carbonyl (C=O) groups excluding carboxylic acids is 2. The van der Waals surface area contributed by atoms with E-state index in [1.807, 2.05) is 12.1 Å². The first-order chi connectivity index (χ1) is 19.9. The van der Waals surface area contributed by atoms with E-state index in [9.17, 15) is 18.8 Å². The topological polar surface area (TPSA) is 104 Å². The van der Waals surface area contributed by atoms with Gasteiger partial charge in [0.2, 0.25) is 5.91 Å². The summed E-state index contributed by atoms with van der Waals surface area (Å²) in [4.78, 5) is 37.3. The van der Waals surface area contributed by atoms with E-state index in [2.05, 4.69) is 20.8 Å². The first-order valence-electron chi connectivity index (χ1n) is 15.3. The molecule has 7 nitrogen and oxygen atoms in total. The molecule has 3 aliphatic rings. The molecule has 0 saturated heterocycles. The van der Waals surface area contributed by atoms with Crippen LogP contribution in [0, 0.1) is 23.6 Å². The van der Waals surface area contributed by atoms with Gasteiger partial charge < -0.3 is 10.6 Å². The zero-order valence-electron chi connectivity index (χ0n) is 23.5. The summed E-state index contributed by atoms with van der Waals surface area (Å²) >= 11 is 0. The molecular formula is C33H39FN4O3. The zero-order chi connectivity index (χ0) is 28.3. The van der Waals surface area contributed by atoms with Crippen LogP contribution in [0.15, 0.2) is 47.3 Å². The fourth-order valence-corrected chi connectivity index (χ4v) is 6.84. The monoisotopic (exact) mass is 558 g/mol. The standard InChI is InChI=1S/C33H39FN4O3/c34-29-16-9-22(19-30-26-3-1-2-4-27(26)33(41)38-37-30)18-28(29)32(40)36-25-14-7-21(8-15-25)17-20-5-12-24(13-6-20)35-31(39)23-10-11-23/h1-4,9,16,18,20-21,23-25H,5-8,10-15,17,19H2,(H,35,39)(H,36,40)(H,38,41). The number of rotatable bonds is 8. The zero-order valence-corrected chi connectivity index (χ0v) is 23.5. The molecule has 1 aromatic heterocycles. The van der Waals surface area contributed by atoms with Gasteiger partial charge in [0.15, 0.2) is 0 Å². The second kappa shape index (κ2) is 12.1. The van der Waals surface area contributed by atoms with Gasteiger partial charge >= 0.3 is 0 Å². The number of carbonyl (C=O) groups is 2. The second-order valence-electron chi connectivity index (χ2n) is 12.5. The van der Waals surface area contributed by atoms with E-state index in [1.54, 1.807) is 24.3 Å². The maximum atomic E-state index is 14.7. The van der Waals surface area contributed by atoms with Gasteiger partial charge in [-0.05, 0) is 106 Å². The number of halogens is 1. The predicted octanol–water partition coefficient (Wildman–Crippen LogP) is 5.42. The lowest BCUT2D eigenvalue weighted by Crippen LogP contribution is -2.39. The van der Waals surface area contributed by atoms with Crippen LogP contribution in [0.4, 0.5) is 4.39 Å². The lowest BCUT2D eigenvalue weighted by molar-refractivity contribution is -0.123. The first kappa shape index (κ1) is 27.6. The number of hydrogen-bond acceptors (Lipinski definition) is 4. The van der Waals surface area contributed by atoms with Crippen molar-refractivity contribution in [1.29, 1.82) is 0 Å². The maximum absolute atomic E-state index is 14.7. The Bertz CT molecular complexity index is 1470. The van der Waals surface area contributed by atoms with Crippen molar-refractivity contribution in [2.45, 2.75) is 89.1 Å². The Labute approximate surface area is 239 Å². The Morgan fingerprint density at radius 1 is 0.829 bits per heavy atom. The van der Waals surface area contributed by atoms with Crippen molar-refractivity contribution < 1.29 is 14.0 Å². The van der Waals surface area contributed by atoms with Crippen LogP contribution >= 0.6 is 0 Å². The van der Waals surface area contributed by atoms with Crippen LogP contribution < -0.4 is 16.2 Å². The summed E-state index contributed by atoms with van der Waals surface area (Å²) in [7, 11) is 0. The van der Waals surface area contributed by atoms with Gasteiger partial charge in [0.25, 0.3) is 11.5 Å². The summed E-state index contributed by atoms with van der Waals surface area (Å²) in [6.45, 7) is 0. The summed E-state index contributed by atoms with van der Waals surface area (Å²) in [6.07, 6.45) is 12.3. The van der Waals surface area contributed by atoms with E-state index in [-0.39, 0.29) is 34.9 Å². The molecule has 0 bridgehead atoms. The van der Waals surface area contributed by atoms with Crippen LogP contribution in [0.2, 0.25) is 0 Å². The Morgan fingerprint density at radius 3 is 2.12 bits per heavy atom. The van der Waals surface area contributed by atoms with Crippen molar-refractivity contribution in [3.05, 3.63) is 75.5 Å². The lowest BCUT2D eigenvalue weighted by Gasteiger charge is -2.34. The molecule has 8 heteroatoms. The Hall–Kier alpha value is -3.55. The fraction of sp³-hybridized carbons (Fsp3) is 0.515. The minimum atomic E-state index is -0.539. The van der Waals surface area contributed by atoms with Crippen LogP contribution in [0.5, 0.6) is 0 Å². The Kier molecular flexibility index (Phi) is 8.17. The third-order valence-corrected chi connectivity index (χ3v) is 9.41. The molecular weight excluding hydrogens is 519 g/mol. The van der Waals surface area contributed by atoms with Gasteiger partial charge in [-0.1, -0.05) is 24.3 Å². The van der Waals surface area contributed by atoms with Gasteiger partial charge in [0, 0.05) is 29.8 Å². The number of amides is 2. The minimum absolute atomic E-state index is 0.0453. The van der Waals surface area contributed by atoms with Gasteiger partial charge in [-0.25, -0.2) is 9.49 Å². The first-order valence-corrected chi connectivity index (χ1v) is 15.3. The maximum Gasteiger partial charge on any atom is 0.272 e. The molecule has 0 radical (unpaired) electrons. The van der Waals surface area contributed by atoms with E-state index < -0.39 is 5.82 Å². The van der Waals surface area contributed by atoms with Gasteiger partial charge in [0.1, 0.15) is 5.82 Å². The molecule has 3 aliphatic carbocycles. The summed E-state index contributed by atoms with van der Waals surface area (Å²) in [5.41, 5.74) is 1.23. The van der Waals surface area contributed by atoms with Crippen molar-refractivity contribution in [2.24, 2.45) is 17.8 Å². The highest BCUT2D eigenvalue weighted by Crippen LogP contribution is 2.36. The van der Waals surface area contributed by atoms with Gasteiger partial charge in [0.05, 0.1) is 16.6 Å². The number of hydrogen-bond donors (Lipinski definition) is 3. The SMILES string of the molecule is O=C(NC1CCC(CC2CCC(NC(=O)C3CC3)CC2)CC1)c1cc(Cc2n[nH]c(=O)c3ccccc23)ccc1F. The molecule has 216 valence electrons. The molecule has 0 aliphatic heterocycles. The van der Waals surface area contributed by atoms with E-state index in [1.165, 1.54) is 25.3 Å². The smallest absolute Gasteiger partial charge is 0.272 e. The van der Waals surface area contributed by atoms with Crippen LogP contribution in [-0.4, -0.2) is 34.1 Å². The molecule has 0 unspecified atom stereocenters. The molecule has 41 heavy (non-hydrogen) atoms. The van der Waals surface area contributed by atoms with Crippen LogP contribution in [0.25, 0.3) is 10.8 Å². The van der Waals surface area contributed by atoms with Gasteiger partial charge in [-0.2, -0.15) is 5.10 Å². The molecule has 2 aromatic carbocycles. The number of aromatic amines is 1. The number of fused-ring (bicyclic) bond motifs is 1. The highest BCUT2D eigenvalue weighted by molar-refractivity contribution is 5.95. The number of aromatic nitrogens is 2. The lowest BCUT2D eigenvalue weighted by atomic mass is 9.75. The van der Waals surface area contributed by atoms with E-state index in [4.69, 9.17) is 0 Å². The van der Waals surface area contributed by atoms with Crippen molar-refractivity contribution in [2.75, 3.05) is 0 Å². The Balaban J connectivity index is 0.991. The average Bonchev–Trinajstić information content (AvgIpc) is 3.84. The van der Waals surface area contributed by atoms with Gasteiger partial charge in [-0.3, -0.25) is 14.4 Å². The Morgan fingerprint density at radius 2 is 1.46 bits per heavy atom. The van der Waals surface area contributed by atoms with E-state index in [0.29, 0.717) is 29.5 Å². The molecule has 3 saturated carbocycles. The molecule has 2 amide bonds. The highest BCUT2D eigenvalue weighted by atomic mass is 19.1. The predicted molar refractivity (Wildman–Crippen MR) is 156 cm³/mol. The summed E-state index contributed by atoms with van der Waals surface area (Å²) in [6, 6.07) is 12.3. The highest BCUT2D eigenvalue weighted by Gasteiger charge is 2.33. The third kappa shape index (κ3) is 6.68. The average molecular weight is 559 g/mol. The quantitative estimate of drug-likeness (QED) is 0.344. The minimum Gasteiger partial charge on any atom is -0.353 e. The molecule has 3 aromatic rings. The van der Waals surface area contributed by atoms with Crippen LogP contribution in [0.1, 0.15) is 92.2 Å². The van der Waals surface area contributed by atoms with Crippen LogP contribution in [-0.2, 0) is 11.2 Å².